The molecule has 43 heavy (non-hydrogen) atoms. The first-order chi connectivity index (χ1) is 20.6. The van der Waals surface area contributed by atoms with E-state index in [1.807, 2.05) is 19.1 Å². The minimum atomic E-state index is -4.79. The molecule has 1 N–H and O–H groups in total. The van der Waals surface area contributed by atoms with Crippen molar-refractivity contribution in [2.75, 3.05) is 26.7 Å². The molecule has 0 saturated carbocycles. The Hall–Kier alpha value is -3.91. The predicted octanol–water partition coefficient (Wildman–Crippen LogP) is 5.37. The van der Waals surface area contributed by atoms with Crippen molar-refractivity contribution in [3.63, 3.8) is 0 Å². The van der Waals surface area contributed by atoms with E-state index in [4.69, 9.17) is 0 Å². The molecule has 2 aromatic rings. The lowest BCUT2D eigenvalue weighted by atomic mass is 9.96. The number of ether oxygens (including phenoxy) is 1. The molecular formula is C32H39F3N4O4. The van der Waals surface area contributed by atoms with Gasteiger partial charge in [-0.1, -0.05) is 37.6 Å². The van der Waals surface area contributed by atoms with Crippen molar-refractivity contribution in [2.45, 2.75) is 76.7 Å². The molecule has 0 fully saturated rings. The van der Waals surface area contributed by atoms with Gasteiger partial charge in [-0.25, -0.2) is 0 Å². The van der Waals surface area contributed by atoms with Gasteiger partial charge in [0, 0.05) is 25.6 Å². The van der Waals surface area contributed by atoms with Crippen LogP contribution in [0.25, 0.3) is 0 Å². The van der Waals surface area contributed by atoms with Gasteiger partial charge >= 0.3 is 6.36 Å². The van der Waals surface area contributed by atoms with Crippen LogP contribution in [-0.4, -0.2) is 67.0 Å². The molecule has 2 amide bonds. The average molecular weight is 601 g/mol. The molecule has 2 aromatic carbocycles. The number of benzene rings is 2. The predicted molar refractivity (Wildman–Crippen MR) is 155 cm³/mol. The number of carbonyl (C=O) groups is 3. The van der Waals surface area contributed by atoms with Gasteiger partial charge in [-0.05, 0) is 86.6 Å². The lowest BCUT2D eigenvalue weighted by Crippen LogP contribution is -2.46. The number of aryl methyl sites for hydroxylation is 1. The summed E-state index contributed by atoms with van der Waals surface area (Å²) in [7, 11) is 1.52. The quantitative estimate of drug-likeness (QED) is 0.194. The summed E-state index contributed by atoms with van der Waals surface area (Å²) in [6, 6.07) is 12.8. The van der Waals surface area contributed by atoms with Crippen molar-refractivity contribution in [3.8, 4) is 11.8 Å². The maximum absolute atomic E-state index is 13.1. The van der Waals surface area contributed by atoms with Crippen LogP contribution >= 0.6 is 0 Å². The SMILES string of the molecule is CCN(CCCCCc1cccc2c1CN(C(CCC=O)C(=O)NC)C2=O)CC[C@@H](C#N)c1cccc(OC(F)(F)F)c1. The molecule has 0 saturated heterocycles. The first-order valence-electron chi connectivity index (χ1n) is 14.7. The Kier molecular flexibility index (Phi) is 12.6. The zero-order valence-corrected chi connectivity index (χ0v) is 24.7. The van der Waals surface area contributed by atoms with Crippen LogP contribution in [0.15, 0.2) is 42.5 Å². The van der Waals surface area contributed by atoms with Gasteiger partial charge in [0.2, 0.25) is 5.91 Å². The van der Waals surface area contributed by atoms with Gasteiger partial charge in [0.15, 0.2) is 0 Å². The summed E-state index contributed by atoms with van der Waals surface area (Å²) in [6.45, 7) is 4.64. The zero-order chi connectivity index (χ0) is 31.4. The summed E-state index contributed by atoms with van der Waals surface area (Å²) in [4.78, 5) is 40.3. The Balaban J connectivity index is 1.49. The summed E-state index contributed by atoms with van der Waals surface area (Å²) in [5.74, 6) is -1.35. The molecule has 11 heteroatoms. The van der Waals surface area contributed by atoms with Crippen molar-refractivity contribution >= 4 is 18.1 Å². The Morgan fingerprint density at radius 2 is 1.93 bits per heavy atom. The summed E-state index contributed by atoms with van der Waals surface area (Å²) < 4.78 is 41.8. The van der Waals surface area contributed by atoms with Gasteiger partial charge < -0.3 is 24.6 Å². The van der Waals surface area contributed by atoms with Gasteiger partial charge in [-0.15, -0.1) is 13.2 Å². The van der Waals surface area contributed by atoms with Gasteiger partial charge in [0.1, 0.15) is 18.1 Å². The van der Waals surface area contributed by atoms with Crippen molar-refractivity contribution in [3.05, 3.63) is 64.7 Å². The standard InChI is InChI=1S/C32H39F3N4O4/c1-3-38(18-16-25(21-36)24-12-7-13-26(20-24)43-32(33,34)35)17-6-4-5-10-23-11-8-14-27-28(23)22-39(31(27)42)29(15-9-19-40)30(41)37-2/h7-8,11-14,19-20,25,29H,3-6,9-10,15-18,22H2,1-2H3,(H,37,41)/t25-,29?/m0/s1. The molecule has 0 aliphatic carbocycles. The van der Waals surface area contributed by atoms with Crippen molar-refractivity contribution in [1.82, 2.24) is 15.1 Å². The van der Waals surface area contributed by atoms with E-state index in [0.717, 1.165) is 56.2 Å². The molecule has 232 valence electrons. The summed E-state index contributed by atoms with van der Waals surface area (Å²) >= 11 is 0. The maximum atomic E-state index is 13.1. The highest BCUT2D eigenvalue weighted by atomic mass is 19.4. The first kappa shape index (κ1) is 33.6. The lowest BCUT2D eigenvalue weighted by Gasteiger charge is -2.25. The third kappa shape index (κ3) is 9.55. The molecule has 0 aromatic heterocycles. The molecule has 1 aliphatic heterocycles. The highest BCUT2D eigenvalue weighted by Gasteiger charge is 2.36. The second-order valence-electron chi connectivity index (χ2n) is 10.6. The molecule has 3 rings (SSSR count). The minimum Gasteiger partial charge on any atom is -0.406 e. The van der Waals surface area contributed by atoms with Crippen molar-refractivity contribution < 1.29 is 32.3 Å². The minimum absolute atomic E-state index is 0.190. The van der Waals surface area contributed by atoms with Crippen LogP contribution < -0.4 is 10.1 Å². The number of hydrogen-bond acceptors (Lipinski definition) is 6. The Morgan fingerprint density at radius 1 is 1.16 bits per heavy atom. The van der Waals surface area contributed by atoms with Crippen LogP contribution in [0.5, 0.6) is 5.75 Å². The number of nitriles is 1. The molecular weight excluding hydrogens is 561 g/mol. The molecule has 1 aliphatic rings. The number of carbonyl (C=O) groups excluding carboxylic acids is 3. The maximum Gasteiger partial charge on any atom is 0.573 e. The summed E-state index contributed by atoms with van der Waals surface area (Å²) in [6.07, 6.45) is 0.534. The number of fused-ring (bicyclic) bond motifs is 1. The third-order valence-electron chi connectivity index (χ3n) is 7.83. The lowest BCUT2D eigenvalue weighted by molar-refractivity contribution is -0.274. The number of unbranched alkanes of at least 4 members (excludes halogenated alkanes) is 2. The Labute approximate surface area is 250 Å². The second-order valence-corrected chi connectivity index (χ2v) is 10.6. The monoisotopic (exact) mass is 600 g/mol. The number of nitrogens with zero attached hydrogens (tertiary/aromatic N) is 3. The van der Waals surface area contributed by atoms with Gasteiger partial charge in [0.05, 0.1) is 12.0 Å². The molecule has 8 nitrogen and oxygen atoms in total. The van der Waals surface area contributed by atoms with Crippen LogP contribution in [0.3, 0.4) is 0 Å². The van der Waals surface area contributed by atoms with Crippen molar-refractivity contribution in [1.29, 1.82) is 5.26 Å². The molecule has 1 unspecified atom stereocenters. The van der Waals surface area contributed by atoms with E-state index in [9.17, 15) is 32.8 Å². The van der Waals surface area contributed by atoms with Gasteiger partial charge in [-0.3, -0.25) is 9.59 Å². The van der Waals surface area contributed by atoms with E-state index in [-0.39, 0.29) is 30.4 Å². The van der Waals surface area contributed by atoms with E-state index >= 15 is 0 Å². The van der Waals surface area contributed by atoms with Crippen LogP contribution in [0.2, 0.25) is 0 Å². The molecule has 2 atom stereocenters. The highest BCUT2D eigenvalue weighted by molar-refractivity contribution is 6.01. The van der Waals surface area contributed by atoms with E-state index in [1.54, 1.807) is 17.0 Å². The van der Waals surface area contributed by atoms with Crippen LogP contribution in [0, 0.1) is 11.3 Å². The number of hydrogen-bond donors (Lipinski definition) is 1. The zero-order valence-electron chi connectivity index (χ0n) is 24.7. The number of aldehydes is 1. The first-order valence-corrected chi connectivity index (χ1v) is 14.7. The Bertz CT molecular complexity index is 1290. The fourth-order valence-corrected chi connectivity index (χ4v) is 5.53. The van der Waals surface area contributed by atoms with E-state index in [2.05, 4.69) is 21.0 Å². The fraction of sp³-hybridized carbons (Fsp3) is 0.500. The molecule has 1 heterocycles. The number of alkyl halides is 3. The summed E-state index contributed by atoms with van der Waals surface area (Å²) in [5.41, 5.74) is 3.13. The van der Waals surface area contributed by atoms with Crippen LogP contribution in [0.1, 0.15) is 78.4 Å². The number of likely N-dealkylation sites (N-methyl/N-ethyl adjacent to an activating group) is 1. The molecule has 0 radical (unpaired) electrons. The number of halogens is 3. The normalized spacial score (nSPS) is 14.3. The average Bonchev–Trinajstić information content (AvgIpc) is 3.32. The third-order valence-corrected chi connectivity index (χ3v) is 7.83. The largest absolute Gasteiger partial charge is 0.573 e. The van der Waals surface area contributed by atoms with E-state index < -0.39 is 18.3 Å². The highest BCUT2D eigenvalue weighted by Crippen LogP contribution is 2.30. The number of rotatable bonds is 17. The van der Waals surface area contributed by atoms with Gasteiger partial charge in [-0.2, -0.15) is 5.26 Å². The van der Waals surface area contributed by atoms with Crippen LogP contribution in [-0.2, 0) is 22.6 Å². The Morgan fingerprint density at radius 3 is 2.60 bits per heavy atom. The number of amides is 2. The topological polar surface area (TPSA) is 103 Å². The van der Waals surface area contributed by atoms with Crippen molar-refractivity contribution in [2.24, 2.45) is 0 Å². The molecule has 0 spiro atoms. The van der Waals surface area contributed by atoms with E-state index in [0.29, 0.717) is 30.6 Å². The summed E-state index contributed by atoms with van der Waals surface area (Å²) in [5, 5.41) is 12.3. The second kappa shape index (κ2) is 16.1. The van der Waals surface area contributed by atoms with Crippen LogP contribution in [0.4, 0.5) is 13.2 Å². The number of nitrogens with one attached hydrogen (secondary N) is 1. The van der Waals surface area contributed by atoms with Gasteiger partial charge in [0.25, 0.3) is 5.91 Å². The molecule has 0 bridgehead atoms. The smallest absolute Gasteiger partial charge is 0.406 e. The van der Waals surface area contributed by atoms with E-state index in [1.165, 1.54) is 25.2 Å². The fourth-order valence-electron chi connectivity index (χ4n) is 5.53.